The molecule has 3 aromatic heterocycles. The Labute approximate surface area is 331 Å². The van der Waals surface area contributed by atoms with E-state index in [0.29, 0.717) is 34.5 Å². The van der Waals surface area contributed by atoms with E-state index in [0.717, 1.165) is 76.9 Å². The molecular formula is C52H30N4O2. The summed E-state index contributed by atoms with van der Waals surface area (Å²) in [6, 6.07) is 62.3. The topological polar surface area (TPSA) is 77.8 Å². The lowest BCUT2D eigenvalue weighted by atomic mass is 9.97. The van der Waals surface area contributed by atoms with Gasteiger partial charge in [0.1, 0.15) is 16.7 Å². The highest BCUT2D eigenvalue weighted by Crippen LogP contribution is 2.41. The fourth-order valence-electron chi connectivity index (χ4n) is 8.35. The monoisotopic (exact) mass is 742 g/mol. The molecule has 12 rings (SSSR count). The Morgan fingerprint density at radius 2 is 0.966 bits per heavy atom. The third-order valence-electron chi connectivity index (χ3n) is 11.1. The van der Waals surface area contributed by atoms with Gasteiger partial charge in [0, 0.05) is 38.4 Å². The highest BCUT2D eigenvalue weighted by Gasteiger charge is 2.22. The van der Waals surface area contributed by atoms with Crippen LogP contribution in [0.4, 0.5) is 0 Å². The molecule has 270 valence electrons. The second-order valence-corrected chi connectivity index (χ2v) is 14.6. The molecule has 0 aliphatic heterocycles. The van der Waals surface area contributed by atoms with Crippen LogP contribution in [0.1, 0.15) is 0 Å². The van der Waals surface area contributed by atoms with Crippen molar-refractivity contribution in [2.24, 2.45) is 0 Å². The summed E-state index contributed by atoms with van der Waals surface area (Å²) in [6.45, 7) is 0. The van der Waals surface area contributed by atoms with Crippen LogP contribution in [-0.2, 0) is 0 Å². The molecule has 0 bridgehead atoms. The van der Waals surface area contributed by atoms with E-state index in [-0.39, 0.29) is 0 Å². The fraction of sp³-hybridized carbons (Fsp3) is 0. The molecule has 0 aliphatic rings. The SMILES string of the molecule is c1ccc(-c2ccc3c(-c4nc(-c5ccccc5)nc(-c5cccc6oc7ccccc7c56)n4)cc4nc(-c5ccc6ccc7ccccc7c6c5)oc4c3c2)cc1. The standard InChI is InChI=1S/C52H30N4O2/c1-3-12-31(13-4-1)35-26-27-38-42(28-35)48-44(53-52(58-48)36-25-24-33-23-22-32-14-7-8-17-37(32)41(33)29-36)30-43(38)51-55-49(34-15-5-2-6-16-34)54-50(56-51)40-19-11-21-46-47(40)39-18-9-10-20-45(39)57-46/h1-30H. The number of rotatable bonds is 5. The summed E-state index contributed by atoms with van der Waals surface area (Å²) in [5.74, 6) is 2.21. The molecule has 0 atom stereocenters. The number of aromatic nitrogens is 4. The first-order chi connectivity index (χ1) is 28.7. The Morgan fingerprint density at radius 3 is 1.81 bits per heavy atom. The van der Waals surface area contributed by atoms with Gasteiger partial charge in [0.05, 0.1) is 0 Å². The molecule has 12 aromatic rings. The minimum Gasteiger partial charge on any atom is -0.456 e. The van der Waals surface area contributed by atoms with Crippen molar-refractivity contribution >= 4 is 65.4 Å². The van der Waals surface area contributed by atoms with Crippen LogP contribution in [0, 0.1) is 0 Å². The normalized spacial score (nSPS) is 11.8. The van der Waals surface area contributed by atoms with E-state index >= 15 is 0 Å². The van der Waals surface area contributed by atoms with E-state index in [1.165, 1.54) is 10.8 Å². The number of nitrogens with zero attached hydrogens (tertiary/aromatic N) is 4. The molecule has 6 heteroatoms. The van der Waals surface area contributed by atoms with Crippen LogP contribution in [0.25, 0.3) is 122 Å². The van der Waals surface area contributed by atoms with Crippen molar-refractivity contribution < 1.29 is 8.83 Å². The van der Waals surface area contributed by atoms with Crippen molar-refractivity contribution in [1.82, 2.24) is 19.9 Å². The number of hydrogen-bond donors (Lipinski definition) is 0. The Bertz CT molecular complexity index is 3570. The highest BCUT2D eigenvalue weighted by atomic mass is 16.3. The van der Waals surface area contributed by atoms with Crippen molar-refractivity contribution in [1.29, 1.82) is 0 Å². The average molecular weight is 743 g/mol. The van der Waals surface area contributed by atoms with Crippen LogP contribution < -0.4 is 0 Å². The zero-order valence-electron chi connectivity index (χ0n) is 30.9. The zero-order valence-corrected chi connectivity index (χ0v) is 30.9. The fourth-order valence-corrected chi connectivity index (χ4v) is 8.35. The summed E-state index contributed by atoms with van der Waals surface area (Å²) in [6.07, 6.45) is 0. The first kappa shape index (κ1) is 32.3. The molecule has 0 radical (unpaired) electrons. The van der Waals surface area contributed by atoms with Crippen molar-refractivity contribution in [2.45, 2.75) is 0 Å². The quantitative estimate of drug-likeness (QED) is 0.163. The van der Waals surface area contributed by atoms with Crippen LogP contribution in [-0.4, -0.2) is 19.9 Å². The Kier molecular flexibility index (Phi) is 7.13. The Balaban J connectivity index is 1.12. The van der Waals surface area contributed by atoms with E-state index in [9.17, 15) is 0 Å². The Hall–Kier alpha value is -7.96. The van der Waals surface area contributed by atoms with Gasteiger partial charge in [-0.3, -0.25) is 0 Å². The van der Waals surface area contributed by atoms with Gasteiger partial charge in [0.15, 0.2) is 23.1 Å². The lowest BCUT2D eigenvalue weighted by Crippen LogP contribution is -2.01. The molecule has 0 fully saturated rings. The van der Waals surface area contributed by atoms with Gasteiger partial charge in [-0.15, -0.1) is 0 Å². The summed E-state index contributed by atoms with van der Waals surface area (Å²) >= 11 is 0. The van der Waals surface area contributed by atoms with Gasteiger partial charge < -0.3 is 8.83 Å². The molecule has 0 saturated carbocycles. The molecule has 58 heavy (non-hydrogen) atoms. The van der Waals surface area contributed by atoms with Gasteiger partial charge in [-0.1, -0.05) is 146 Å². The van der Waals surface area contributed by atoms with E-state index < -0.39 is 0 Å². The lowest BCUT2D eigenvalue weighted by molar-refractivity contribution is 0.623. The predicted octanol–water partition coefficient (Wildman–Crippen LogP) is 13.7. The van der Waals surface area contributed by atoms with E-state index in [2.05, 4.69) is 115 Å². The maximum atomic E-state index is 6.80. The molecule has 0 spiro atoms. The number of para-hydroxylation sites is 1. The molecule has 9 aromatic carbocycles. The molecule has 0 N–H and O–H groups in total. The van der Waals surface area contributed by atoms with Gasteiger partial charge in [0.2, 0.25) is 5.89 Å². The van der Waals surface area contributed by atoms with E-state index in [1.54, 1.807) is 0 Å². The third kappa shape index (κ3) is 5.20. The summed E-state index contributed by atoms with van der Waals surface area (Å²) < 4.78 is 13.1. The van der Waals surface area contributed by atoms with Gasteiger partial charge in [-0.05, 0) is 74.5 Å². The summed E-state index contributed by atoms with van der Waals surface area (Å²) in [4.78, 5) is 20.8. The highest BCUT2D eigenvalue weighted by molar-refractivity contribution is 6.14. The molecule has 0 amide bonds. The number of benzene rings is 9. The van der Waals surface area contributed by atoms with Crippen LogP contribution in [0.3, 0.4) is 0 Å². The molecule has 0 unspecified atom stereocenters. The van der Waals surface area contributed by atoms with Gasteiger partial charge in [-0.2, -0.15) is 0 Å². The largest absolute Gasteiger partial charge is 0.456 e. The van der Waals surface area contributed by atoms with Crippen LogP contribution in [0.5, 0.6) is 0 Å². The predicted molar refractivity (Wildman–Crippen MR) is 234 cm³/mol. The Morgan fingerprint density at radius 1 is 0.328 bits per heavy atom. The third-order valence-corrected chi connectivity index (χ3v) is 11.1. The van der Waals surface area contributed by atoms with Crippen LogP contribution >= 0.6 is 0 Å². The first-order valence-electron chi connectivity index (χ1n) is 19.3. The second-order valence-electron chi connectivity index (χ2n) is 14.6. The number of hydrogen-bond acceptors (Lipinski definition) is 6. The smallest absolute Gasteiger partial charge is 0.227 e. The molecule has 6 nitrogen and oxygen atoms in total. The number of fused-ring (bicyclic) bond motifs is 9. The van der Waals surface area contributed by atoms with Crippen molar-refractivity contribution in [3.63, 3.8) is 0 Å². The summed E-state index contributed by atoms with van der Waals surface area (Å²) in [7, 11) is 0. The summed E-state index contributed by atoms with van der Waals surface area (Å²) in [5.41, 5.74) is 8.69. The van der Waals surface area contributed by atoms with Gasteiger partial charge >= 0.3 is 0 Å². The second kappa shape index (κ2) is 12.8. The van der Waals surface area contributed by atoms with Crippen molar-refractivity contribution in [2.75, 3.05) is 0 Å². The van der Waals surface area contributed by atoms with E-state index in [1.807, 2.05) is 66.7 Å². The lowest BCUT2D eigenvalue weighted by Gasteiger charge is -2.12. The minimum absolute atomic E-state index is 0.537. The van der Waals surface area contributed by atoms with Crippen molar-refractivity contribution in [3.8, 4) is 56.7 Å². The molecular weight excluding hydrogens is 713 g/mol. The summed E-state index contributed by atoms with van der Waals surface area (Å²) in [5, 5.41) is 8.54. The molecule has 0 aliphatic carbocycles. The molecule has 3 heterocycles. The number of furan rings is 1. The average Bonchev–Trinajstić information content (AvgIpc) is 3.91. The van der Waals surface area contributed by atoms with Crippen LogP contribution in [0.15, 0.2) is 191 Å². The maximum absolute atomic E-state index is 6.80. The molecule has 0 saturated heterocycles. The number of oxazole rings is 1. The zero-order chi connectivity index (χ0) is 38.2. The van der Waals surface area contributed by atoms with Gasteiger partial charge in [-0.25, -0.2) is 19.9 Å². The van der Waals surface area contributed by atoms with Crippen LogP contribution in [0.2, 0.25) is 0 Å². The minimum atomic E-state index is 0.537. The van der Waals surface area contributed by atoms with Crippen molar-refractivity contribution in [3.05, 3.63) is 182 Å². The van der Waals surface area contributed by atoms with E-state index in [4.69, 9.17) is 28.8 Å². The van der Waals surface area contributed by atoms with Gasteiger partial charge in [0.25, 0.3) is 0 Å². The first-order valence-corrected chi connectivity index (χ1v) is 19.3. The maximum Gasteiger partial charge on any atom is 0.227 e.